The van der Waals surface area contributed by atoms with E-state index in [0.717, 1.165) is 11.4 Å². The molecule has 4 rings (SSSR count). The summed E-state index contributed by atoms with van der Waals surface area (Å²) in [5.74, 6) is 2.74. The Kier molecular flexibility index (Phi) is 5.70. The lowest BCUT2D eigenvalue weighted by Crippen LogP contribution is -2.03. The fourth-order valence-electron chi connectivity index (χ4n) is 3.51. The molecule has 0 spiro atoms. The SMILES string of the molecule is COc1cc(OC)c(-c2nccn2Cc2ccc(-c3ccccc3)cc2)cc1OC. The number of aromatic nitrogens is 2. The molecule has 0 bridgehead atoms. The largest absolute Gasteiger partial charge is 0.496 e. The van der Waals surface area contributed by atoms with Gasteiger partial charge >= 0.3 is 0 Å². The van der Waals surface area contributed by atoms with Gasteiger partial charge in [0.1, 0.15) is 11.6 Å². The summed E-state index contributed by atoms with van der Waals surface area (Å²) in [6, 6.07) is 22.7. The van der Waals surface area contributed by atoms with Crippen molar-refractivity contribution in [1.82, 2.24) is 9.55 Å². The summed E-state index contributed by atoms with van der Waals surface area (Å²) in [4.78, 5) is 4.57. The van der Waals surface area contributed by atoms with Crippen molar-refractivity contribution in [2.75, 3.05) is 21.3 Å². The van der Waals surface area contributed by atoms with E-state index in [-0.39, 0.29) is 0 Å². The second kappa shape index (κ2) is 8.74. The number of hydrogen-bond donors (Lipinski definition) is 0. The number of benzene rings is 3. The van der Waals surface area contributed by atoms with Crippen molar-refractivity contribution in [2.24, 2.45) is 0 Å². The molecule has 0 radical (unpaired) electrons. The van der Waals surface area contributed by atoms with E-state index in [0.29, 0.717) is 23.8 Å². The summed E-state index contributed by atoms with van der Waals surface area (Å²) in [5, 5.41) is 0. The molecule has 0 unspecified atom stereocenters. The Morgan fingerprint density at radius 2 is 1.37 bits per heavy atom. The third kappa shape index (κ3) is 3.87. The highest BCUT2D eigenvalue weighted by Crippen LogP contribution is 2.39. The summed E-state index contributed by atoms with van der Waals surface area (Å²) < 4.78 is 18.6. The minimum atomic E-state index is 0.618. The molecule has 1 aromatic heterocycles. The molecule has 0 N–H and O–H groups in total. The molecular weight excluding hydrogens is 376 g/mol. The van der Waals surface area contributed by atoms with Crippen LogP contribution in [0.15, 0.2) is 79.1 Å². The van der Waals surface area contributed by atoms with E-state index in [1.165, 1.54) is 16.7 Å². The average molecular weight is 400 g/mol. The highest BCUT2D eigenvalue weighted by atomic mass is 16.5. The molecule has 0 saturated heterocycles. The molecule has 0 aliphatic carbocycles. The van der Waals surface area contributed by atoms with Gasteiger partial charge in [0, 0.05) is 25.0 Å². The molecule has 5 heteroatoms. The molecule has 0 fully saturated rings. The van der Waals surface area contributed by atoms with E-state index in [9.17, 15) is 0 Å². The summed E-state index contributed by atoms with van der Waals surface area (Å²) in [6.45, 7) is 0.696. The van der Waals surface area contributed by atoms with Gasteiger partial charge < -0.3 is 18.8 Å². The van der Waals surface area contributed by atoms with E-state index >= 15 is 0 Å². The highest BCUT2D eigenvalue weighted by Gasteiger charge is 2.17. The van der Waals surface area contributed by atoms with E-state index in [2.05, 4.69) is 58.1 Å². The Bertz CT molecular complexity index is 1120. The number of rotatable bonds is 7. The first-order valence-corrected chi connectivity index (χ1v) is 9.69. The summed E-state index contributed by atoms with van der Waals surface area (Å²) >= 11 is 0. The second-order valence-corrected chi connectivity index (χ2v) is 6.85. The van der Waals surface area contributed by atoms with Crippen LogP contribution in [0.1, 0.15) is 5.56 Å². The zero-order chi connectivity index (χ0) is 20.9. The van der Waals surface area contributed by atoms with Crippen LogP contribution in [0, 0.1) is 0 Å². The number of ether oxygens (including phenoxy) is 3. The van der Waals surface area contributed by atoms with Crippen LogP contribution in [0.4, 0.5) is 0 Å². The standard InChI is InChI=1S/C25H24N2O3/c1-28-22-16-24(30-3)23(29-2)15-21(22)25-26-13-14-27(25)17-18-9-11-20(12-10-18)19-7-5-4-6-8-19/h4-16H,17H2,1-3H3. The van der Waals surface area contributed by atoms with Gasteiger partial charge in [-0.15, -0.1) is 0 Å². The van der Waals surface area contributed by atoms with Gasteiger partial charge in [-0.1, -0.05) is 54.6 Å². The molecule has 0 saturated carbocycles. The first kappa shape index (κ1) is 19.6. The van der Waals surface area contributed by atoms with Crippen molar-refractivity contribution >= 4 is 0 Å². The Morgan fingerprint density at radius 1 is 0.733 bits per heavy atom. The summed E-state index contributed by atoms with van der Waals surface area (Å²) in [7, 11) is 4.87. The molecule has 0 amide bonds. The van der Waals surface area contributed by atoms with Crippen LogP contribution < -0.4 is 14.2 Å². The van der Waals surface area contributed by atoms with Crippen LogP contribution in [0.5, 0.6) is 17.2 Å². The normalized spacial score (nSPS) is 10.6. The molecular formula is C25H24N2O3. The molecule has 4 aromatic rings. The minimum Gasteiger partial charge on any atom is -0.496 e. The molecule has 0 aliphatic rings. The molecule has 0 atom stereocenters. The zero-order valence-corrected chi connectivity index (χ0v) is 17.3. The number of imidazole rings is 1. The van der Waals surface area contributed by atoms with Crippen molar-refractivity contribution in [2.45, 2.75) is 6.54 Å². The third-order valence-corrected chi connectivity index (χ3v) is 5.08. The Morgan fingerprint density at radius 3 is 2.03 bits per heavy atom. The van der Waals surface area contributed by atoms with Gasteiger partial charge in [-0.3, -0.25) is 0 Å². The lowest BCUT2D eigenvalue weighted by Gasteiger charge is -2.15. The van der Waals surface area contributed by atoms with Crippen molar-refractivity contribution in [3.05, 3.63) is 84.7 Å². The molecule has 3 aromatic carbocycles. The first-order chi connectivity index (χ1) is 14.7. The quantitative estimate of drug-likeness (QED) is 0.423. The molecule has 30 heavy (non-hydrogen) atoms. The van der Waals surface area contributed by atoms with Gasteiger partial charge in [0.25, 0.3) is 0 Å². The van der Waals surface area contributed by atoms with Crippen molar-refractivity contribution in [1.29, 1.82) is 0 Å². The van der Waals surface area contributed by atoms with Gasteiger partial charge in [-0.05, 0) is 22.8 Å². The number of methoxy groups -OCH3 is 3. The van der Waals surface area contributed by atoms with Crippen LogP contribution in [-0.2, 0) is 6.54 Å². The van der Waals surface area contributed by atoms with Gasteiger partial charge in [0.15, 0.2) is 11.5 Å². The average Bonchev–Trinajstić information content (AvgIpc) is 3.27. The maximum absolute atomic E-state index is 5.59. The second-order valence-electron chi connectivity index (χ2n) is 6.85. The Hall–Kier alpha value is -3.73. The van der Waals surface area contributed by atoms with Crippen LogP contribution in [0.3, 0.4) is 0 Å². The van der Waals surface area contributed by atoms with Gasteiger partial charge in [0.05, 0.1) is 26.9 Å². The van der Waals surface area contributed by atoms with Crippen LogP contribution in [-0.4, -0.2) is 30.9 Å². The maximum Gasteiger partial charge on any atom is 0.164 e. The molecule has 0 aliphatic heterocycles. The van der Waals surface area contributed by atoms with Crippen molar-refractivity contribution in [3.63, 3.8) is 0 Å². The lowest BCUT2D eigenvalue weighted by atomic mass is 10.0. The van der Waals surface area contributed by atoms with E-state index in [1.54, 1.807) is 27.5 Å². The summed E-state index contributed by atoms with van der Waals surface area (Å²) in [6.07, 6.45) is 3.76. The number of nitrogens with zero attached hydrogens (tertiary/aromatic N) is 2. The van der Waals surface area contributed by atoms with Crippen molar-refractivity contribution in [3.8, 4) is 39.8 Å². The lowest BCUT2D eigenvalue weighted by molar-refractivity contribution is 0.349. The monoisotopic (exact) mass is 400 g/mol. The topological polar surface area (TPSA) is 45.5 Å². The van der Waals surface area contributed by atoms with E-state index in [4.69, 9.17) is 14.2 Å². The Labute approximate surface area is 176 Å². The fourth-order valence-corrected chi connectivity index (χ4v) is 3.51. The molecule has 1 heterocycles. The zero-order valence-electron chi connectivity index (χ0n) is 17.3. The molecule has 5 nitrogen and oxygen atoms in total. The minimum absolute atomic E-state index is 0.618. The van der Waals surface area contributed by atoms with Crippen LogP contribution in [0.2, 0.25) is 0 Å². The van der Waals surface area contributed by atoms with Gasteiger partial charge in [-0.2, -0.15) is 0 Å². The van der Waals surface area contributed by atoms with Crippen LogP contribution >= 0.6 is 0 Å². The third-order valence-electron chi connectivity index (χ3n) is 5.08. The maximum atomic E-state index is 5.59. The predicted octanol–water partition coefficient (Wildman–Crippen LogP) is 5.29. The number of hydrogen-bond acceptors (Lipinski definition) is 4. The predicted molar refractivity (Wildman–Crippen MR) is 118 cm³/mol. The van der Waals surface area contributed by atoms with Gasteiger partial charge in [-0.25, -0.2) is 4.98 Å². The first-order valence-electron chi connectivity index (χ1n) is 9.69. The Balaban J connectivity index is 1.64. The summed E-state index contributed by atoms with van der Waals surface area (Å²) in [5.41, 5.74) is 4.45. The van der Waals surface area contributed by atoms with Crippen LogP contribution in [0.25, 0.3) is 22.5 Å². The smallest absolute Gasteiger partial charge is 0.164 e. The highest BCUT2D eigenvalue weighted by molar-refractivity contribution is 5.70. The fraction of sp³-hybridized carbons (Fsp3) is 0.160. The van der Waals surface area contributed by atoms with Crippen molar-refractivity contribution < 1.29 is 14.2 Å². The molecule has 152 valence electrons. The van der Waals surface area contributed by atoms with E-state index in [1.807, 2.05) is 24.4 Å². The van der Waals surface area contributed by atoms with E-state index < -0.39 is 0 Å². The van der Waals surface area contributed by atoms with Gasteiger partial charge in [0.2, 0.25) is 0 Å².